The van der Waals surface area contributed by atoms with Crippen LogP contribution in [0.1, 0.15) is 48.2 Å². The number of aryl methyl sites for hydroxylation is 6. The summed E-state index contributed by atoms with van der Waals surface area (Å²) in [5.41, 5.74) is 22.4. The van der Waals surface area contributed by atoms with E-state index in [-0.39, 0.29) is 0 Å². The van der Waals surface area contributed by atoms with Gasteiger partial charge in [-0.15, -0.1) is 0 Å². The monoisotopic (exact) mass is 602 g/mol. The van der Waals surface area contributed by atoms with Gasteiger partial charge in [0, 0.05) is 36.9 Å². The van der Waals surface area contributed by atoms with Crippen LogP contribution in [0.15, 0.2) is 95.8 Å². The number of nitrogens with two attached hydrogens (primary N) is 2. The average molecular weight is 603 g/mol. The Hall–Kier alpha value is -5.38. The van der Waals surface area contributed by atoms with Gasteiger partial charge < -0.3 is 11.5 Å². The van der Waals surface area contributed by atoms with Crippen LogP contribution >= 0.6 is 0 Å². The fraction of sp³-hybridized carbons (Fsp3) is 0.257. The molecule has 0 aliphatic carbocycles. The molecular weight excluding hydrogens is 560 g/mol. The molecule has 4 rings (SSSR count). The van der Waals surface area contributed by atoms with Crippen molar-refractivity contribution in [2.75, 3.05) is 0 Å². The lowest BCUT2D eigenvalue weighted by molar-refractivity contribution is 0.745. The zero-order chi connectivity index (χ0) is 32.7. The Morgan fingerprint density at radius 2 is 1.64 bits per heavy atom. The number of aromatic nitrogens is 7. The van der Waals surface area contributed by atoms with Crippen molar-refractivity contribution in [2.45, 2.75) is 47.0 Å². The molecule has 45 heavy (non-hydrogen) atoms. The number of pyridine rings is 1. The van der Waals surface area contributed by atoms with E-state index < -0.39 is 0 Å². The van der Waals surface area contributed by atoms with E-state index in [2.05, 4.69) is 28.3 Å². The molecule has 4 aromatic rings. The first-order valence-electron chi connectivity index (χ1n) is 14.8. The first-order valence-corrected chi connectivity index (χ1v) is 14.8. The average Bonchev–Trinajstić information content (AvgIpc) is 3.50. The predicted molar refractivity (Wildman–Crippen MR) is 183 cm³/mol. The largest absolute Gasteiger partial charge is 0.402 e. The lowest BCUT2D eigenvalue weighted by Crippen LogP contribution is -2.08. The third kappa shape index (κ3) is 8.82. The SMILES string of the molecule is C=C(/C=C\C=C(\C)N)C(=C)/N=C(\C=C(/N)c1cc(C)nn1C)CCCc1cc(-c2cc(C)nn2C)nc(-c2cccc(C)n2)n1. The molecule has 4 aromatic heterocycles. The number of hydrogen-bond donors (Lipinski definition) is 2. The second-order valence-corrected chi connectivity index (χ2v) is 11.1. The summed E-state index contributed by atoms with van der Waals surface area (Å²) in [5.74, 6) is 0.577. The van der Waals surface area contributed by atoms with Crippen molar-refractivity contribution >= 4 is 11.4 Å². The highest BCUT2D eigenvalue weighted by atomic mass is 15.3. The van der Waals surface area contributed by atoms with Crippen LogP contribution in [-0.2, 0) is 20.5 Å². The molecule has 0 saturated heterocycles. The summed E-state index contributed by atoms with van der Waals surface area (Å²) in [5, 5.41) is 8.95. The van der Waals surface area contributed by atoms with Gasteiger partial charge in [0.25, 0.3) is 0 Å². The van der Waals surface area contributed by atoms with E-state index in [0.717, 1.165) is 57.7 Å². The molecule has 0 fully saturated rings. The number of nitrogens with zero attached hydrogens (tertiary/aromatic N) is 8. The van der Waals surface area contributed by atoms with E-state index in [9.17, 15) is 0 Å². The summed E-state index contributed by atoms with van der Waals surface area (Å²) in [6.45, 7) is 16.0. The summed E-state index contributed by atoms with van der Waals surface area (Å²) >= 11 is 0. The van der Waals surface area contributed by atoms with Crippen molar-refractivity contribution in [2.24, 2.45) is 30.6 Å². The lowest BCUT2D eigenvalue weighted by atomic mass is 10.1. The molecule has 0 saturated carbocycles. The van der Waals surface area contributed by atoms with Crippen LogP contribution in [0.2, 0.25) is 0 Å². The number of allylic oxidation sites excluding steroid dienone is 5. The van der Waals surface area contributed by atoms with Crippen LogP contribution in [0.25, 0.3) is 28.6 Å². The Morgan fingerprint density at radius 1 is 0.911 bits per heavy atom. The van der Waals surface area contributed by atoms with Gasteiger partial charge >= 0.3 is 0 Å². The van der Waals surface area contributed by atoms with E-state index in [4.69, 9.17) is 26.4 Å². The smallest absolute Gasteiger partial charge is 0.179 e. The fourth-order valence-electron chi connectivity index (χ4n) is 4.79. The van der Waals surface area contributed by atoms with Crippen molar-refractivity contribution in [3.8, 4) is 22.9 Å². The zero-order valence-corrected chi connectivity index (χ0v) is 27.0. The molecule has 10 heteroatoms. The lowest BCUT2D eigenvalue weighted by Gasteiger charge is -2.10. The van der Waals surface area contributed by atoms with Crippen LogP contribution in [0, 0.1) is 20.8 Å². The number of hydrogen-bond acceptors (Lipinski definition) is 8. The maximum atomic E-state index is 6.55. The number of rotatable bonds is 12. The Kier molecular flexibility index (Phi) is 10.4. The third-order valence-corrected chi connectivity index (χ3v) is 6.95. The summed E-state index contributed by atoms with van der Waals surface area (Å²) < 4.78 is 3.60. The van der Waals surface area contributed by atoms with E-state index in [1.165, 1.54) is 0 Å². The van der Waals surface area contributed by atoms with Crippen molar-refractivity contribution < 1.29 is 0 Å². The fourth-order valence-corrected chi connectivity index (χ4v) is 4.79. The molecule has 0 amide bonds. The van der Waals surface area contributed by atoms with Crippen molar-refractivity contribution in [3.63, 3.8) is 0 Å². The second-order valence-electron chi connectivity index (χ2n) is 11.1. The number of aliphatic imine (C=N–C) groups is 1. The molecule has 0 radical (unpaired) electrons. The van der Waals surface area contributed by atoms with Crippen LogP contribution in [-0.4, -0.2) is 40.2 Å². The molecular formula is C35H42N10. The van der Waals surface area contributed by atoms with Gasteiger partial charge in [-0.2, -0.15) is 10.2 Å². The molecule has 4 heterocycles. The van der Waals surface area contributed by atoms with Gasteiger partial charge in [-0.3, -0.25) is 14.4 Å². The molecule has 4 N–H and O–H groups in total. The van der Waals surface area contributed by atoms with Crippen molar-refractivity contribution in [3.05, 3.63) is 119 Å². The normalized spacial score (nSPS) is 12.7. The molecule has 232 valence electrons. The van der Waals surface area contributed by atoms with E-state index in [1.807, 2.05) is 101 Å². The Balaban J connectivity index is 1.64. The maximum absolute atomic E-state index is 6.55. The molecule has 0 spiro atoms. The first-order chi connectivity index (χ1) is 21.4. The predicted octanol–water partition coefficient (Wildman–Crippen LogP) is 5.85. The molecule has 0 aliphatic rings. The van der Waals surface area contributed by atoms with E-state index >= 15 is 0 Å². The van der Waals surface area contributed by atoms with Gasteiger partial charge in [0.05, 0.1) is 39.9 Å². The molecule has 0 atom stereocenters. The third-order valence-electron chi connectivity index (χ3n) is 6.95. The highest BCUT2D eigenvalue weighted by molar-refractivity contribution is 6.01. The van der Waals surface area contributed by atoms with Gasteiger partial charge in [-0.05, 0) is 95.0 Å². The molecule has 10 nitrogen and oxygen atoms in total. The van der Waals surface area contributed by atoms with E-state index in [1.54, 1.807) is 10.8 Å². The summed E-state index contributed by atoms with van der Waals surface area (Å²) in [6.07, 6.45) is 9.40. The Bertz CT molecular complexity index is 1840. The quantitative estimate of drug-likeness (QED) is 0.153. The van der Waals surface area contributed by atoms with Crippen molar-refractivity contribution in [1.29, 1.82) is 0 Å². The summed E-state index contributed by atoms with van der Waals surface area (Å²) in [4.78, 5) is 19.3. The van der Waals surface area contributed by atoms with Crippen LogP contribution < -0.4 is 11.5 Å². The first kappa shape index (κ1) is 32.5. The van der Waals surface area contributed by atoms with Crippen LogP contribution in [0.4, 0.5) is 0 Å². The standard InChI is InChI=1S/C35H42N10/c1-22(12-9-13-23(2)36)27(6)39-28(20-30(37)33-18-25(4)42-44(33)7)15-11-16-29-21-32(34-19-26(5)43-45(34)8)41-35(40-29)31-17-10-14-24(3)38-31/h9-10,12-14,17-21H,1,6,11,15-16,36-37H2,2-5,7-8H3/b12-9-,23-13-,30-20-,39-28-. The maximum Gasteiger partial charge on any atom is 0.179 e. The molecule has 0 aromatic carbocycles. The topological polar surface area (TPSA) is 139 Å². The second kappa shape index (κ2) is 14.4. The van der Waals surface area contributed by atoms with Crippen molar-refractivity contribution in [1.82, 2.24) is 34.5 Å². The minimum absolute atomic E-state index is 0.540. The molecule has 0 aliphatic heterocycles. The van der Waals surface area contributed by atoms with Gasteiger partial charge in [-0.25, -0.2) is 15.0 Å². The summed E-state index contributed by atoms with van der Waals surface area (Å²) in [6, 6.07) is 11.8. The van der Waals surface area contributed by atoms with Gasteiger partial charge in [0.2, 0.25) is 0 Å². The highest BCUT2D eigenvalue weighted by Gasteiger charge is 2.14. The Morgan fingerprint density at radius 3 is 2.29 bits per heavy atom. The minimum Gasteiger partial charge on any atom is -0.402 e. The van der Waals surface area contributed by atoms with Gasteiger partial charge in [0.1, 0.15) is 5.69 Å². The minimum atomic E-state index is 0.540. The molecule has 0 bridgehead atoms. The van der Waals surface area contributed by atoms with E-state index in [0.29, 0.717) is 41.3 Å². The zero-order valence-electron chi connectivity index (χ0n) is 27.0. The van der Waals surface area contributed by atoms with Gasteiger partial charge in [0.15, 0.2) is 5.82 Å². The van der Waals surface area contributed by atoms with Gasteiger partial charge in [-0.1, -0.05) is 31.4 Å². The van der Waals surface area contributed by atoms with Crippen LogP contribution in [0.3, 0.4) is 0 Å². The highest BCUT2D eigenvalue weighted by Crippen LogP contribution is 2.24. The molecule has 0 unspecified atom stereocenters. The summed E-state index contributed by atoms with van der Waals surface area (Å²) in [7, 11) is 3.79. The van der Waals surface area contributed by atoms with Crippen LogP contribution in [0.5, 0.6) is 0 Å². The Labute approximate surface area is 265 Å².